The van der Waals surface area contributed by atoms with E-state index in [0.717, 1.165) is 25.7 Å². The predicted molar refractivity (Wildman–Crippen MR) is 122 cm³/mol. The van der Waals surface area contributed by atoms with Gasteiger partial charge in [0.25, 0.3) is 0 Å². The van der Waals surface area contributed by atoms with Gasteiger partial charge < -0.3 is 14.4 Å². The van der Waals surface area contributed by atoms with Crippen LogP contribution in [0.4, 0.5) is 0 Å². The van der Waals surface area contributed by atoms with Gasteiger partial charge in [-0.25, -0.2) is 0 Å². The maximum atomic E-state index is 13.4. The molecule has 0 bridgehead atoms. The van der Waals surface area contributed by atoms with Crippen molar-refractivity contribution in [3.8, 4) is 0 Å². The molecule has 1 aliphatic carbocycles. The molecule has 0 radical (unpaired) electrons. The summed E-state index contributed by atoms with van der Waals surface area (Å²) in [6, 6.07) is -0.0987. The summed E-state index contributed by atoms with van der Waals surface area (Å²) in [5.74, 6) is 1.66. The monoisotopic (exact) mass is 425 g/mol. The highest BCUT2D eigenvalue weighted by atomic mass is 16.5. The first-order valence-corrected chi connectivity index (χ1v) is 11.9. The first-order valence-electron chi connectivity index (χ1n) is 11.9. The predicted octanol–water partition coefficient (Wildman–Crippen LogP) is 4.97. The van der Waals surface area contributed by atoms with Gasteiger partial charge in [-0.1, -0.05) is 54.4 Å². The van der Waals surface area contributed by atoms with E-state index < -0.39 is 0 Å². The molecule has 176 valence electrons. The lowest BCUT2D eigenvalue weighted by Crippen LogP contribution is -2.50. The summed E-state index contributed by atoms with van der Waals surface area (Å²) < 4.78 is 11.6. The molecule has 6 atom stereocenters. The molecule has 1 aliphatic rings. The van der Waals surface area contributed by atoms with Crippen LogP contribution in [0.25, 0.3) is 0 Å². The van der Waals surface area contributed by atoms with Crippen molar-refractivity contribution in [3.05, 3.63) is 0 Å². The topological polar surface area (TPSA) is 55.8 Å². The van der Waals surface area contributed by atoms with Gasteiger partial charge in [-0.3, -0.25) is 9.59 Å². The number of hydrogen-bond donors (Lipinski definition) is 0. The minimum Gasteiger partial charge on any atom is -0.381 e. The Labute approximate surface area is 185 Å². The summed E-state index contributed by atoms with van der Waals surface area (Å²) in [5.41, 5.74) is 0. The molecule has 5 heteroatoms. The second kappa shape index (κ2) is 12.8. The molecule has 0 saturated heterocycles. The molecule has 0 spiro atoms. The fraction of sp³-hybridized carbons (Fsp3) is 0.920. The molecule has 0 aromatic heterocycles. The van der Waals surface area contributed by atoms with Gasteiger partial charge >= 0.3 is 0 Å². The number of ketones is 1. The average Bonchev–Trinajstić information content (AvgIpc) is 3.15. The highest BCUT2D eigenvalue weighted by Gasteiger charge is 2.41. The largest absolute Gasteiger partial charge is 0.381 e. The Bertz CT molecular complexity index is 533. The highest BCUT2D eigenvalue weighted by molar-refractivity contribution is 5.82. The van der Waals surface area contributed by atoms with Crippen LogP contribution in [0, 0.1) is 29.6 Å². The SMILES string of the molecule is CC[C@H](C)[C@@H]([C@@H](CC(=O)C1CCC[C@H]1[C@H](OC)C(C)C)OC)N(C)C(=O)CC(C)C. The number of Topliss-reactive ketones (excluding diaryl/α,β-unsaturated/α-hetero) is 1. The zero-order valence-electron chi connectivity index (χ0n) is 20.9. The first kappa shape index (κ1) is 27.1. The number of methoxy groups -OCH3 is 2. The lowest BCUT2D eigenvalue weighted by atomic mass is 9.80. The number of carbonyl (C=O) groups excluding carboxylic acids is 2. The minimum atomic E-state index is -0.283. The molecule has 1 unspecified atom stereocenters. The maximum absolute atomic E-state index is 13.4. The summed E-state index contributed by atoms with van der Waals surface area (Å²) in [7, 11) is 5.30. The van der Waals surface area contributed by atoms with Gasteiger partial charge in [0.2, 0.25) is 5.91 Å². The van der Waals surface area contributed by atoms with Crippen LogP contribution in [-0.2, 0) is 19.1 Å². The van der Waals surface area contributed by atoms with Crippen molar-refractivity contribution in [2.24, 2.45) is 29.6 Å². The first-order chi connectivity index (χ1) is 14.1. The standard InChI is InChI=1S/C25H47NO4/c1-10-18(6)24(26(7)23(28)14-16(2)3)22(29-8)15-21(27)19-12-11-13-20(19)25(30-9)17(4)5/h16-20,22,24-25H,10-15H2,1-9H3/t18-,19?,20+,22+,24-,25+/m0/s1. The summed E-state index contributed by atoms with van der Waals surface area (Å²) in [5, 5.41) is 0. The Hall–Kier alpha value is -0.940. The smallest absolute Gasteiger partial charge is 0.222 e. The summed E-state index contributed by atoms with van der Waals surface area (Å²) >= 11 is 0. The van der Waals surface area contributed by atoms with Crippen molar-refractivity contribution in [3.63, 3.8) is 0 Å². The van der Waals surface area contributed by atoms with Gasteiger partial charge in [0, 0.05) is 40.0 Å². The molecule has 0 N–H and O–H groups in total. The molecule has 5 nitrogen and oxygen atoms in total. The summed E-state index contributed by atoms with van der Waals surface area (Å²) in [4.78, 5) is 28.1. The molecule has 1 amide bonds. The number of carbonyl (C=O) groups is 2. The molecule has 1 saturated carbocycles. The van der Waals surface area contributed by atoms with E-state index in [9.17, 15) is 9.59 Å². The maximum Gasteiger partial charge on any atom is 0.222 e. The van der Waals surface area contributed by atoms with E-state index in [1.807, 2.05) is 11.9 Å². The van der Waals surface area contributed by atoms with Crippen LogP contribution < -0.4 is 0 Å². The van der Waals surface area contributed by atoms with E-state index in [-0.39, 0.29) is 47.7 Å². The van der Waals surface area contributed by atoms with E-state index in [4.69, 9.17) is 9.47 Å². The number of hydrogen-bond acceptors (Lipinski definition) is 4. The lowest BCUT2D eigenvalue weighted by Gasteiger charge is -2.38. The van der Waals surface area contributed by atoms with Crippen molar-refractivity contribution in [2.75, 3.05) is 21.3 Å². The zero-order chi connectivity index (χ0) is 23.0. The van der Waals surface area contributed by atoms with E-state index in [1.165, 1.54) is 0 Å². The molecule has 0 heterocycles. The Morgan fingerprint density at radius 2 is 1.63 bits per heavy atom. The van der Waals surface area contributed by atoms with E-state index in [0.29, 0.717) is 24.7 Å². The lowest BCUT2D eigenvalue weighted by molar-refractivity contribution is -0.141. The summed E-state index contributed by atoms with van der Waals surface area (Å²) in [6.45, 7) is 12.7. The van der Waals surface area contributed by atoms with Crippen LogP contribution >= 0.6 is 0 Å². The van der Waals surface area contributed by atoms with Gasteiger partial charge in [-0.2, -0.15) is 0 Å². The fourth-order valence-corrected chi connectivity index (χ4v) is 5.31. The Kier molecular flexibility index (Phi) is 11.6. The molecule has 1 rings (SSSR count). The quantitative estimate of drug-likeness (QED) is 0.418. The normalized spacial score (nSPS) is 23.4. The summed E-state index contributed by atoms with van der Waals surface area (Å²) in [6.07, 6.45) is 4.70. The van der Waals surface area contributed by atoms with E-state index >= 15 is 0 Å². The van der Waals surface area contributed by atoms with Crippen molar-refractivity contribution in [2.45, 2.75) is 98.3 Å². The molecular weight excluding hydrogens is 378 g/mol. The third-order valence-corrected chi connectivity index (χ3v) is 7.07. The minimum absolute atomic E-state index is 0.0317. The molecular formula is C25H47NO4. The number of rotatable bonds is 13. The van der Waals surface area contributed by atoms with Crippen LogP contribution in [-0.4, -0.2) is 56.1 Å². The van der Waals surface area contributed by atoms with Crippen LogP contribution in [0.15, 0.2) is 0 Å². The zero-order valence-corrected chi connectivity index (χ0v) is 20.9. The number of nitrogens with zero attached hydrogens (tertiary/aromatic N) is 1. The fourth-order valence-electron chi connectivity index (χ4n) is 5.31. The second-order valence-electron chi connectivity index (χ2n) is 10.1. The molecule has 0 aromatic rings. The molecule has 0 aliphatic heterocycles. The third-order valence-electron chi connectivity index (χ3n) is 7.07. The van der Waals surface area contributed by atoms with Crippen LogP contribution in [0.3, 0.4) is 0 Å². The molecule has 0 aromatic carbocycles. The van der Waals surface area contributed by atoms with Gasteiger partial charge in [0.15, 0.2) is 0 Å². The van der Waals surface area contributed by atoms with Crippen LogP contribution in [0.1, 0.15) is 80.1 Å². The highest BCUT2D eigenvalue weighted by Crippen LogP contribution is 2.39. The number of likely N-dealkylation sites (N-methyl/N-ethyl adjacent to an activating group) is 1. The molecule has 1 fully saturated rings. The third kappa shape index (κ3) is 7.05. The average molecular weight is 426 g/mol. The Morgan fingerprint density at radius 1 is 1.00 bits per heavy atom. The van der Waals surface area contributed by atoms with Crippen molar-refractivity contribution < 1.29 is 19.1 Å². The number of amides is 1. The Balaban J connectivity index is 3.01. The van der Waals surface area contributed by atoms with Crippen LogP contribution in [0.2, 0.25) is 0 Å². The van der Waals surface area contributed by atoms with Crippen molar-refractivity contribution in [1.29, 1.82) is 0 Å². The van der Waals surface area contributed by atoms with Gasteiger partial charge in [-0.05, 0) is 36.5 Å². The van der Waals surface area contributed by atoms with Crippen molar-refractivity contribution in [1.82, 2.24) is 4.90 Å². The number of ether oxygens (including phenoxy) is 2. The van der Waals surface area contributed by atoms with Gasteiger partial charge in [0.05, 0.1) is 18.2 Å². The van der Waals surface area contributed by atoms with E-state index in [2.05, 4.69) is 41.5 Å². The second-order valence-corrected chi connectivity index (χ2v) is 10.1. The Morgan fingerprint density at radius 3 is 2.10 bits per heavy atom. The van der Waals surface area contributed by atoms with Crippen molar-refractivity contribution >= 4 is 11.7 Å². The van der Waals surface area contributed by atoms with Gasteiger partial charge in [-0.15, -0.1) is 0 Å². The van der Waals surface area contributed by atoms with E-state index in [1.54, 1.807) is 14.2 Å². The van der Waals surface area contributed by atoms with Gasteiger partial charge in [0.1, 0.15) is 5.78 Å². The molecule has 30 heavy (non-hydrogen) atoms. The van der Waals surface area contributed by atoms with Crippen LogP contribution in [0.5, 0.6) is 0 Å².